The molecule has 1 aromatic rings. The quantitative estimate of drug-likeness (QED) is 0.356. The second-order valence-corrected chi connectivity index (χ2v) is 2.12. The molecular weight excluding hydrogens is 214 g/mol. The first-order valence-corrected chi connectivity index (χ1v) is 3.25. The highest BCUT2D eigenvalue weighted by Gasteiger charge is 2.05. The van der Waals surface area contributed by atoms with Gasteiger partial charge in [-0.25, -0.2) is 4.79 Å². The fourth-order valence-electron chi connectivity index (χ4n) is 0.737. The summed E-state index contributed by atoms with van der Waals surface area (Å²) in [7, 11) is 0. The molecule has 0 radical (unpaired) electrons. The Kier molecular flexibility index (Phi) is 4.37. The summed E-state index contributed by atoms with van der Waals surface area (Å²) in [6.07, 6.45) is -1.45. The summed E-state index contributed by atoms with van der Waals surface area (Å²) in [5, 5.41) is 18.4. The van der Waals surface area contributed by atoms with E-state index in [4.69, 9.17) is 5.11 Å². The highest BCUT2D eigenvalue weighted by molar-refractivity contribution is 5.85. The normalized spacial score (nSPS) is 8.57. The van der Waals surface area contributed by atoms with Crippen molar-refractivity contribution >= 4 is 24.2 Å². The highest BCUT2D eigenvalue weighted by Crippen LogP contribution is 2.17. The lowest BCUT2D eigenvalue weighted by Crippen LogP contribution is -2.02. The van der Waals surface area contributed by atoms with Crippen molar-refractivity contribution in [3.63, 3.8) is 0 Å². The molecule has 0 saturated carbocycles. The second-order valence-electron chi connectivity index (χ2n) is 2.12. The molecule has 0 unspecified atom stereocenters. The molecule has 0 aliphatic carbocycles. The van der Waals surface area contributed by atoms with E-state index in [9.17, 15) is 14.9 Å². The maximum absolute atomic E-state index is 10.2. The van der Waals surface area contributed by atoms with E-state index in [1.54, 1.807) is 0 Å². The van der Waals surface area contributed by atoms with Gasteiger partial charge in [-0.2, -0.15) is 0 Å². The van der Waals surface area contributed by atoms with Crippen molar-refractivity contribution in [2.24, 2.45) is 0 Å². The topological polar surface area (TPSA) is 89.7 Å². The summed E-state index contributed by atoms with van der Waals surface area (Å²) in [6, 6.07) is 4.76. The largest absolute Gasteiger partial charge is 0.511 e. The molecule has 0 bridgehead atoms. The minimum Gasteiger partial charge on any atom is -0.449 e. The molecule has 7 heteroatoms. The van der Waals surface area contributed by atoms with Crippen molar-refractivity contribution in [1.29, 1.82) is 0 Å². The van der Waals surface area contributed by atoms with Gasteiger partial charge in [-0.15, -0.1) is 12.4 Å². The minimum absolute atomic E-state index is 0. The molecule has 0 aromatic heterocycles. The maximum Gasteiger partial charge on any atom is 0.511 e. The standard InChI is InChI=1S/C7H5NO5.ClH/c9-7(10)13-6-3-1-5(2-4-6)8(11)12;/h1-4H,(H,9,10);1H. The number of benzene rings is 1. The van der Waals surface area contributed by atoms with Gasteiger partial charge in [-0.05, 0) is 12.1 Å². The summed E-state index contributed by atoms with van der Waals surface area (Å²) in [5.74, 6) is 0.0538. The van der Waals surface area contributed by atoms with Gasteiger partial charge in [0.15, 0.2) is 0 Å². The average molecular weight is 220 g/mol. The summed E-state index contributed by atoms with van der Waals surface area (Å²) in [6.45, 7) is 0. The van der Waals surface area contributed by atoms with Crippen molar-refractivity contribution in [2.75, 3.05) is 0 Å². The van der Waals surface area contributed by atoms with Gasteiger partial charge < -0.3 is 9.84 Å². The zero-order chi connectivity index (χ0) is 9.84. The van der Waals surface area contributed by atoms with Crippen LogP contribution in [0, 0.1) is 10.1 Å². The van der Waals surface area contributed by atoms with Crippen molar-refractivity contribution < 1.29 is 19.6 Å². The van der Waals surface area contributed by atoms with Crippen LogP contribution in [0.2, 0.25) is 0 Å². The number of nitro groups is 1. The highest BCUT2D eigenvalue weighted by atomic mass is 35.5. The van der Waals surface area contributed by atoms with Crippen molar-refractivity contribution in [1.82, 2.24) is 0 Å². The molecule has 1 aromatic carbocycles. The molecule has 0 saturated heterocycles. The lowest BCUT2D eigenvalue weighted by atomic mass is 10.3. The van der Waals surface area contributed by atoms with Crippen molar-refractivity contribution in [3.05, 3.63) is 34.4 Å². The Morgan fingerprint density at radius 1 is 1.36 bits per heavy atom. The maximum atomic E-state index is 10.2. The zero-order valence-corrected chi connectivity index (χ0v) is 7.56. The number of hydrogen-bond acceptors (Lipinski definition) is 4. The molecule has 1 N–H and O–H groups in total. The predicted octanol–water partition coefficient (Wildman–Crippen LogP) is 2.07. The number of nitrogens with zero attached hydrogens (tertiary/aromatic N) is 1. The van der Waals surface area contributed by atoms with Crippen LogP contribution >= 0.6 is 12.4 Å². The van der Waals surface area contributed by atoms with E-state index in [0.717, 1.165) is 12.1 Å². The first kappa shape index (κ1) is 12.2. The molecule has 0 amide bonds. The summed E-state index contributed by atoms with van der Waals surface area (Å²) >= 11 is 0. The second kappa shape index (κ2) is 5.03. The number of nitro benzene ring substituents is 1. The first-order valence-electron chi connectivity index (χ1n) is 3.25. The van der Waals surface area contributed by atoms with Crippen LogP contribution in [-0.4, -0.2) is 16.2 Å². The third-order valence-corrected chi connectivity index (χ3v) is 1.25. The third kappa shape index (κ3) is 3.28. The lowest BCUT2D eigenvalue weighted by molar-refractivity contribution is -0.384. The van der Waals surface area contributed by atoms with Crippen LogP contribution in [0.5, 0.6) is 5.75 Å². The van der Waals surface area contributed by atoms with Crippen molar-refractivity contribution in [2.45, 2.75) is 0 Å². The van der Waals surface area contributed by atoms with E-state index in [1.165, 1.54) is 12.1 Å². The number of hydrogen-bond donors (Lipinski definition) is 1. The van der Waals surface area contributed by atoms with E-state index in [2.05, 4.69) is 4.74 Å². The predicted molar refractivity (Wildman–Crippen MR) is 49.0 cm³/mol. The van der Waals surface area contributed by atoms with Crippen molar-refractivity contribution in [3.8, 4) is 5.75 Å². The van der Waals surface area contributed by atoms with Gasteiger partial charge in [0.25, 0.3) is 5.69 Å². The van der Waals surface area contributed by atoms with Gasteiger partial charge in [-0.1, -0.05) is 0 Å². The Hall–Kier alpha value is -1.82. The van der Waals surface area contributed by atoms with Crippen LogP contribution in [0.15, 0.2) is 24.3 Å². The summed E-state index contributed by atoms with van der Waals surface area (Å²) < 4.78 is 4.24. The van der Waals surface area contributed by atoms with E-state index in [-0.39, 0.29) is 23.8 Å². The number of rotatable bonds is 2. The zero-order valence-electron chi connectivity index (χ0n) is 6.75. The Balaban J connectivity index is 0.00000169. The molecule has 0 heterocycles. The van der Waals surface area contributed by atoms with E-state index in [1.807, 2.05) is 0 Å². The SMILES string of the molecule is Cl.O=C(O)Oc1ccc([N+](=O)[O-])cc1. The molecule has 14 heavy (non-hydrogen) atoms. The van der Waals surface area contributed by atoms with Gasteiger partial charge in [0.05, 0.1) is 4.92 Å². The molecule has 0 atom stereocenters. The fraction of sp³-hybridized carbons (Fsp3) is 0. The molecule has 0 aliphatic rings. The van der Waals surface area contributed by atoms with E-state index in [0.29, 0.717) is 0 Å². The molecule has 6 nitrogen and oxygen atoms in total. The number of ether oxygens (including phenoxy) is 1. The van der Waals surface area contributed by atoms with Gasteiger partial charge in [-0.3, -0.25) is 10.1 Å². The first-order chi connectivity index (χ1) is 6.09. The van der Waals surface area contributed by atoms with Gasteiger partial charge in [0.2, 0.25) is 0 Å². The Morgan fingerprint density at radius 2 is 1.86 bits per heavy atom. The monoisotopic (exact) mass is 219 g/mol. The van der Waals surface area contributed by atoms with Gasteiger partial charge in [0, 0.05) is 12.1 Å². The van der Waals surface area contributed by atoms with Crippen LogP contribution in [0.1, 0.15) is 0 Å². The summed E-state index contributed by atoms with van der Waals surface area (Å²) in [4.78, 5) is 19.6. The lowest BCUT2D eigenvalue weighted by Gasteiger charge is -1.97. The fourth-order valence-corrected chi connectivity index (χ4v) is 0.737. The number of carboxylic acid groups (broad SMARTS) is 1. The molecule has 76 valence electrons. The summed E-state index contributed by atoms with van der Waals surface area (Å²) in [5.41, 5.74) is -0.113. The number of carbonyl (C=O) groups is 1. The van der Waals surface area contributed by atoms with Crippen LogP contribution in [-0.2, 0) is 0 Å². The average Bonchev–Trinajstić information content (AvgIpc) is 2.04. The van der Waals surface area contributed by atoms with E-state index >= 15 is 0 Å². The molecule has 0 spiro atoms. The third-order valence-electron chi connectivity index (χ3n) is 1.25. The molecule has 0 aliphatic heterocycles. The Bertz CT molecular complexity index is 336. The van der Waals surface area contributed by atoms with Gasteiger partial charge >= 0.3 is 6.16 Å². The molecule has 0 fully saturated rings. The Morgan fingerprint density at radius 3 is 2.21 bits per heavy atom. The van der Waals surface area contributed by atoms with Crippen LogP contribution in [0.25, 0.3) is 0 Å². The number of halogens is 1. The van der Waals surface area contributed by atoms with E-state index < -0.39 is 11.1 Å². The smallest absolute Gasteiger partial charge is 0.449 e. The van der Waals surface area contributed by atoms with Crippen LogP contribution in [0.3, 0.4) is 0 Å². The minimum atomic E-state index is -1.45. The van der Waals surface area contributed by atoms with Crippen LogP contribution in [0.4, 0.5) is 10.5 Å². The van der Waals surface area contributed by atoms with Crippen LogP contribution < -0.4 is 4.74 Å². The number of non-ortho nitro benzene ring substituents is 1. The molecular formula is C7H6ClNO5. The molecule has 1 rings (SSSR count). The van der Waals surface area contributed by atoms with Gasteiger partial charge in [0.1, 0.15) is 5.75 Å². The Labute approximate surface area is 84.7 Å².